The molecule has 5 nitrogen and oxygen atoms in total. The smallest absolute Gasteiger partial charge is 0.248 e. The molecule has 1 saturated carbocycles. The highest BCUT2D eigenvalue weighted by Gasteiger charge is 2.37. The van der Waals surface area contributed by atoms with E-state index in [1.165, 1.54) is 23.3 Å². The first-order chi connectivity index (χ1) is 13.2. The number of anilines is 1. The van der Waals surface area contributed by atoms with E-state index in [9.17, 15) is 9.59 Å². The maximum atomic E-state index is 12.9. The Labute approximate surface area is 164 Å². The van der Waals surface area contributed by atoms with Crippen molar-refractivity contribution in [1.29, 1.82) is 0 Å². The number of hydrogen-bond acceptors (Lipinski definition) is 4. The molecule has 0 unspecified atom stereocenters. The maximum Gasteiger partial charge on any atom is 0.248 e. The van der Waals surface area contributed by atoms with E-state index in [0.29, 0.717) is 11.7 Å². The molecule has 2 aliphatic rings. The number of nitrogens with one attached hydrogen (secondary N) is 1. The summed E-state index contributed by atoms with van der Waals surface area (Å²) in [5.41, 5.74) is 2.18. The summed E-state index contributed by atoms with van der Waals surface area (Å²) in [7, 11) is 0. The van der Waals surface area contributed by atoms with Crippen molar-refractivity contribution in [3.05, 3.63) is 23.8 Å². The van der Waals surface area contributed by atoms with Gasteiger partial charge in [0.15, 0.2) is 5.13 Å². The van der Waals surface area contributed by atoms with E-state index in [1.807, 2.05) is 11.0 Å². The minimum atomic E-state index is -0.349. The fourth-order valence-corrected chi connectivity index (χ4v) is 5.25. The number of aromatic nitrogens is 1. The summed E-state index contributed by atoms with van der Waals surface area (Å²) in [6.07, 6.45) is 8.06. The summed E-state index contributed by atoms with van der Waals surface area (Å²) in [4.78, 5) is 32.2. The zero-order chi connectivity index (χ0) is 18.8. The van der Waals surface area contributed by atoms with Crippen molar-refractivity contribution in [1.82, 2.24) is 9.88 Å². The Balaban J connectivity index is 1.46. The van der Waals surface area contributed by atoms with Gasteiger partial charge in [-0.25, -0.2) is 4.98 Å². The molecule has 1 atom stereocenters. The van der Waals surface area contributed by atoms with Crippen LogP contribution in [0.5, 0.6) is 0 Å². The SMILES string of the molecule is CCc1ccc2nc(NC(=O)[C@H]3CCCN3C(=O)C3CCCCC3)sc2c1. The zero-order valence-electron chi connectivity index (χ0n) is 15.9. The van der Waals surface area contributed by atoms with Gasteiger partial charge in [0.25, 0.3) is 0 Å². The fraction of sp³-hybridized carbons (Fsp3) is 0.571. The van der Waals surface area contributed by atoms with Crippen LogP contribution in [0.1, 0.15) is 57.4 Å². The number of aryl methyl sites for hydroxylation is 1. The molecule has 0 bridgehead atoms. The Hall–Kier alpha value is -1.95. The molecule has 2 amide bonds. The van der Waals surface area contributed by atoms with Crippen LogP contribution in [0, 0.1) is 5.92 Å². The van der Waals surface area contributed by atoms with Crippen molar-refractivity contribution in [2.24, 2.45) is 5.92 Å². The average molecular weight is 386 g/mol. The molecule has 2 heterocycles. The van der Waals surface area contributed by atoms with Gasteiger partial charge in [0.05, 0.1) is 10.2 Å². The van der Waals surface area contributed by atoms with Crippen LogP contribution in [0.3, 0.4) is 0 Å². The van der Waals surface area contributed by atoms with E-state index < -0.39 is 0 Å². The summed E-state index contributed by atoms with van der Waals surface area (Å²) in [5.74, 6) is 0.206. The fourth-order valence-electron chi connectivity index (χ4n) is 4.32. The summed E-state index contributed by atoms with van der Waals surface area (Å²) in [5, 5.41) is 3.60. The Morgan fingerprint density at radius 3 is 2.78 bits per heavy atom. The number of carbonyl (C=O) groups excluding carboxylic acids is 2. The molecule has 1 aromatic heterocycles. The summed E-state index contributed by atoms with van der Waals surface area (Å²) < 4.78 is 1.09. The first-order valence-electron chi connectivity index (χ1n) is 10.2. The topological polar surface area (TPSA) is 62.3 Å². The van der Waals surface area contributed by atoms with Gasteiger partial charge in [0.2, 0.25) is 11.8 Å². The first kappa shape index (κ1) is 18.4. The standard InChI is InChI=1S/C21H27N3O2S/c1-2-14-10-11-16-18(13-14)27-21(22-16)23-19(25)17-9-6-12-24(17)20(26)15-7-4-3-5-8-15/h10-11,13,15,17H,2-9,12H2,1H3,(H,22,23,25)/t17-/m1/s1. The predicted octanol–water partition coefficient (Wildman–Crippen LogP) is 4.37. The quantitative estimate of drug-likeness (QED) is 0.850. The molecule has 1 aliphatic heterocycles. The van der Waals surface area contributed by atoms with Crippen molar-refractivity contribution in [2.75, 3.05) is 11.9 Å². The van der Waals surface area contributed by atoms with E-state index in [0.717, 1.165) is 55.2 Å². The normalized spacial score (nSPS) is 20.9. The summed E-state index contributed by atoms with van der Waals surface area (Å²) in [6, 6.07) is 5.87. The van der Waals surface area contributed by atoms with Crippen LogP contribution in [0.4, 0.5) is 5.13 Å². The van der Waals surface area contributed by atoms with Crippen molar-refractivity contribution in [3.8, 4) is 0 Å². The highest BCUT2D eigenvalue weighted by molar-refractivity contribution is 7.22. The monoisotopic (exact) mass is 385 g/mol. The van der Waals surface area contributed by atoms with E-state index in [1.54, 1.807) is 0 Å². The van der Waals surface area contributed by atoms with Crippen molar-refractivity contribution in [2.45, 2.75) is 64.3 Å². The van der Waals surface area contributed by atoms with Crippen molar-refractivity contribution >= 4 is 38.5 Å². The number of carbonyl (C=O) groups is 2. The van der Waals surface area contributed by atoms with E-state index in [4.69, 9.17) is 0 Å². The van der Waals surface area contributed by atoms with Gasteiger partial charge in [-0.05, 0) is 49.8 Å². The van der Waals surface area contributed by atoms with Crippen molar-refractivity contribution < 1.29 is 9.59 Å². The lowest BCUT2D eigenvalue weighted by Gasteiger charge is -2.29. The number of rotatable bonds is 4. The van der Waals surface area contributed by atoms with Gasteiger partial charge in [-0.1, -0.05) is 43.6 Å². The first-order valence-corrected chi connectivity index (χ1v) is 11.0. The number of hydrogen-bond donors (Lipinski definition) is 1. The van der Waals surface area contributed by atoms with E-state index in [2.05, 4.69) is 29.4 Å². The number of benzene rings is 1. The number of fused-ring (bicyclic) bond motifs is 1. The molecule has 4 rings (SSSR count). The molecule has 6 heteroatoms. The molecular formula is C21H27N3O2S. The van der Waals surface area contributed by atoms with Crippen molar-refractivity contribution in [3.63, 3.8) is 0 Å². The predicted molar refractivity (Wildman–Crippen MR) is 109 cm³/mol. The largest absolute Gasteiger partial charge is 0.330 e. The minimum absolute atomic E-state index is 0.0913. The molecule has 1 aromatic carbocycles. The van der Waals surface area contributed by atoms with Crippen LogP contribution >= 0.6 is 11.3 Å². The second kappa shape index (κ2) is 7.97. The molecular weight excluding hydrogens is 358 g/mol. The number of thiazole rings is 1. The van der Waals surface area contributed by atoms with Gasteiger partial charge in [-0.2, -0.15) is 0 Å². The Kier molecular flexibility index (Phi) is 5.43. The molecule has 1 aliphatic carbocycles. The highest BCUT2D eigenvalue weighted by atomic mass is 32.1. The van der Waals surface area contributed by atoms with Gasteiger partial charge in [-0.15, -0.1) is 0 Å². The average Bonchev–Trinajstić information content (AvgIpc) is 3.34. The molecule has 0 spiro atoms. The molecule has 2 fully saturated rings. The van der Waals surface area contributed by atoms with Gasteiger partial charge in [-0.3, -0.25) is 9.59 Å². The second-order valence-corrected chi connectivity index (χ2v) is 8.72. The van der Waals surface area contributed by atoms with Crippen LogP contribution < -0.4 is 5.32 Å². The molecule has 27 heavy (non-hydrogen) atoms. The van der Waals surface area contributed by atoms with E-state index in [-0.39, 0.29) is 23.8 Å². The lowest BCUT2D eigenvalue weighted by atomic mass is 9.88. The third-order valence-electron chi connectivity index (χ3n) is 5.88. The third kappa shape index (κ3) is 3.86. The van der Waals surface area contributed by atoms with Crippen LogP contribution in [0.2, 0.25) is 0 Å². The number of likely N-dealkylation sites (tertiary alicyclic amines) is 1. The molecule has 0 radical (unpaired) electrons. The maximum absolute atomic E-state index is 12.9. The van der Waals surface area contributed by atoms with Gasteiger partial charge < -0.3 is 10.2 Å². The summed E-state index contributed by atoms with van der Waals surface area (Å²) in [6.45, 7) is 2.83. The number of nitrogens with zero attached hydrogens (tertiary/aromatic N) is 2. The van der Waals surface area contributed by atoms with Crippen LogP contribution in [0.25, 0.3) is 10.2 Å². The molecule has 144 valence electrons. The highest BCUT2D eigenvalue weighted by Crippen LogP contribution is 2.31. The lowest BCUT2D eigenvalue weighted by molar-refractivity contribution is -0.141. The Morgan fingerprint density at radius 1 is 1.19 bits per heavy atom. The Morgan fingerprint density at radius 2 is 2.00 bits per heavy atom. The van der Waals surface area contributed by atoms with Crippen LogP contribution in [-0.2, 0) is 16.0 Å². The van der Waals surface area contributed by atoms with Crippen LogP contribution in [-0.4, -0.2) is 34.3 Å². The minimum Gasteiger partial charge on any atom is -0.330 e. The zero-order valence-corrected chi connectivity index (χ0v) is 16.7. The van der Waals surface area contributed by atoms with Gasteiger partial charge in [0, 0.05) is 12.5 Å². The Bertz CT molecular complexity index is 841. The van der Waals surface area contributed by atoms with Gasteiger partial charge >= 0.3 is 0 Å². The number of amides is 2. The molecule has 1 N–H and O–H groups in total. The molecule has 2 aromatic rings. The van der Waals surface area contributed by atoms with Crippen LogP contribution in [0.15, 0.2) is 18.2 Å². The second-order valence-electron chi connectivity index (χ2n) is 7.69. The lowest BCUT2D eigenvalue weighted by Crippen LogP contribution is -2.46. The van der Waals surface area contributed by atoms with E-state index >= 15 is 0 Å². The van der Waals surface area contributed by atoms with Gasteiger partial charge in [0.1, 0.15) is 6.04 Å². The molecule has 1 saturated heterocycles. The summed E-state index contributed by atoms with van der Waals surface area (Å²) >= 11 is 1.51. The third-order valence-corrected chi connectivity index (χ3v) is 6.82.